The van der Waals surface area contributed by atoms with E-state index in [1.54, 1.807) is 11.3 Å². The Morgan fingerprint density at radius 3 is 2.82 bits per heavy atom. The molecule has 4 aromatic rings. The van der Waals surface area contributed by atoms with Crippen molar-refractivity contribution in [1.29, 1.82) is 0 Å². The summed E-state index contributed by atoms with van der Waals surface area (Å²) in [6.07, 6.45) is 6.87. The molecule has 1 aliphatic carbocycles. The van der Waals surface area contributed by atoms with Crippen molar-refractivity contribution in [1.82, 2.24) is 9.47 Å². The number of aryl methyl sites for hydroxylation is 2. The predicted molar refractivity (Wildman–Crippen MR) is 137 cm³/mol. The summed E-state index contributed by atoms with van der Waals surface area (Å²) in [5, 5.41) is 7.14. The van der Waals surface area contributed by atoms with Gasteiger partial charge in [-0.2, -0.15) is 0 Å². The summed E-state index contributed by atoms with van der Waals surface area (Å²) in [6.45, 7) is 2.56. The van der Waals surface area contributed by atoms with Crippen LogP contribution in [0.3, 0.4) is 0 Å². The Morgan fingerprint density at radius 1 is 1.12 bits per heavy atom. The fourth-order valence-electron chi connectivity index (χ4n) is 5.00. The fraction of sp³-hybridized carbons (Fsp3) is 0.269. The minimum atomic E-state index is -0.153. The molecular weight excluding hydrogens is 470 g/mol. The number of halogens is 1. The largest absolute Gasteiger partial charge is 0.323 e. The van der Waals surface area contributed by atoms with E-state index in [1.807, 2.05) is 41.4 Å². The Balaban J connectivity index is 1.47. The summed E-state index contributed by atoms with van der Waals surface area (Å²) in [7, 11) is 0. The van der Waals surface area contributed by atoms with Gasteiger partial charge >= 0.3 is 6.03 Å². The molecule has 4 heterocycles. The summed E-state index contributed by atoms with van der Waals surface area (Å²) in [5.74, 6) is 0. The smallest absolute Gasteiger partial charge is 0.310 e. The Kier molecular flexibility index (Phi) is 5.32. The lowest BCUT2D eigenvalue weighted by Crippen LogP contribution is -2.37. The second kappa shape index (κ2) is 8.35. The molecule has 2 aliphatic rings. The van der Waals surface area contributed by atoms with Gasteiger partial charge in [0.2, 0.25) is 0 Å². The van der Waals surface area contributed by atoms with Crippen molar-refractivity contribution in [2.45, 2.75) is 45.2 Å². The maximum absolute atomic E-state index is 13.8. The van der Waals surface area contributed by atoms with Crippen LogP contribution >= 0.6 is 34.3 Å². The number of hydrogen-bond donors (Lipinski definition) is 1. The average molecular weight is 494 g/mol. The number of anilines is 1. The number of hydrogen-bond acceptors (Lipinski definition) is 3. The molecule has 0 radical (unpaired) electrons. The van der Waals surface area contributed by atoms with Crippen LogP contribution in [-0.4, -0.2) is 15.5 Å². The van der Waals surface area contributed by atoms with E-state index in [1.165, 1.54) is 33.8 Å². The summed E-state index contributed by atoms with van der Waals surface area (Å²) in [4.78, 5) is 18.5. The van der Waals surface area contributed by atoms with Gasteiger partial charge in [0.15, 0.2) is 0 Å². The molecule has 6 rings (SSSR count). The third kappa shape index (κ3) is 3.61. The Labute approximate surface area is 206 Å². The molecule has 1 N–H and O–H groups in total. The van der Waals surface area contributed by atoms with Crippen LogP contribution in [0.2, 0.25) is 5.02 Å². The van der Waals surface area contributed by atoms with Gasteiger partial charge in [-0.3, -0.25) is 0 Å². The molecule has 4 nitrogen and oxygen atoms in total. The minimum absolute atomic E-state index is 0.107. The Hall–Kier alpha value is -2.54. The highest BCUT2D eigenvalue weighted by Crippen LogP contribution is 2.44. The van der Waals surface area contributed by atoms with E-state index in [4.69, 9.17) is 11.6 Å². The molecule has 168 valence electrons. The predicted octanol–water partition coefficient (Wildman–Crippen LogP) is 7.58. The molecule has 33 heavy (non-hydrogen) atoms. The normalized spacial score (nSPS) is 17.2. The van der Waals surface area contributed by atoms with Gasteiger partial charge in [0.25, 0.3) is 0 Å². The van der Waals surface area contributed by atoms with E-state index < -0.39 is 0 Å². The third-order valence-electron chi connectivity index (χ3n) is 6.68. The molecule has 3 aromatic heterocycles. The summed E-state index contributed by atoms with van der Waals surface area (Å²) in [5.41, 5.74) is 5.61. The Bertz CT molecular complexity index is 1340. The zero-order chi connectivity index (χ0) is 22.5. The van der Waals surface area contributed by atoms with Crippen LogP contribution in [0.25, 0.3) is 5.00 Å². The lowest BCUT2D eigenvalue weighted by Gasteiger charge is -2.30. The van der Waals surface area contributed by atoms with Gasteiger partial charge in [-0.05, 0) is 79.4 Å². The highest BCUT2D eigenvalue weighted by molar-refractivity contribution is 7.15. The summed E-state index contributed by atoms with van der Waals surface area (Å²) >= 11 is 9.94. The molecular formula is C26H24ClN3OS2. The molecule has 0 unspecified atom stereocenters. The van der Waals surface area contributed by atoms with Crippen molar-refractivity contribution in [2.24, 2.45) is 0 Å². The van der Waals surface area contributed by atoms with Crippen LogP contribution in [0, 0.1) is 6.92 Å². The van der Waals surface area contributed by atoms with Crippen LogP contribution in [0.1, 0.15) is 51.0 Å². The quantitative estimate of drug-likeness (QED) is 0.307. The first-order valence-corrected chi connectivity index (χ1v) is 13.4. The minimum Gasteiger partial charge on any atom is -0.310 e. The van der Waals surface area contributed by atoms with E-state index in [9.17, 15) is 4.79 Å². The molecule has 2 amide bonds. The molecule has 0 saturated heterocycles. The number of urea groups is 1. The van der Waals surface area contributed by atoms with Gasteiger partial charge in [-0.15, -0.1) is 22.7 Å². The van der Waals surface area contributed by atoms with Crippen LogP contribution in [-0.2, 0) is 19.4 Å². The monoisotopic (exact) mass is 493 g/mol. The van der Waals surface area contributed by atoms with Crippen LogP contribution in [0.15, 0.2) is 54.0 Å². The SMILES string of the molecule is Cc1ccc(NC(=O)N2Cc3c(sc4c3CCCC4)-n3cccc3[C@H]2c2cccs2)cc1Cl. The second-order valence-electron chi connectivity index (χ2n) is 8.74. The third-order valence-corrected chi connectivity index (χ3v) is 9.34. The highest BCUT2D eigenvalue weighted by Gasteiger charge is 2.36. The topological polar surface area (TPSA) is 37.3 Å². The number of thiophene rings is 2. The van der Waals surface area contributed by atoms with Crippen molar-refractivity contribution >= 4 is 46.0 Å². The van der Waals surface area contributed by atoms with Gasteiger partial charge in [0, 0.05) is 32.2 Å². The van der Waals surface area contributed by atoms with Crippen molar-refractivity contribution in [3.63, 3.8) is 0 Å². The number of fused-ring (bicyclic) bond motifs is 5. The van der Waals surface area contributed by atoms with Gasteiger partial charge in [0.1, 0.15) is 11.0 Å². The molecule has 1 aromatic carbocycles. The number of carbonyl (C=O) groups excluding carboxylic acids is 1. The maximum atomic E-state index is 13.8. The zero-order valence-electron chi connectivity index (χ0n) is 18.3. The number of nitrogens with zero attached hydrogens (tertiary/aromatic N) is 2. The highest BCUT2D eigenvalue weighted by atomic mass is 35.5. The Morgan fingerprint density at radius 2 is 2.00 bits per heavy atom. The van der Waals surface area contributed by atoms with Gasteiger partial charge in [0.05, 0.1) is 12.2 Å². The summed E-state index contributed by atoms with van der Waals surface area (Å²) < 4.78 is 2.32. The molecule has 7 heteroatoms. The lowest BCUT2D eigenvalue weighted by atomic mass is 9.95. The van der Waals surface area contributed by atoms with E-state index in [2.05, 4.69) is 45.7 Å². The van der Waals surface area contributed by atoms with Crippen molar-refractivity contribution in [3.8, 4) is 5.00 Å². The van der Waals surface area contributed by atoms with Crippen molar-refractivity contribution < 1.29 is 4.79 Å². The first-order valence-electron chi connectivity index (χ1n) is 11.3. The number of amides is 2. The number of nitrogens with one attached hydrogen (secondary N) is 1. The van der Waals surface area contributed by atoms with E-state index in [0.717, 1.165) is 29.0 Å². The number of aromatic nitrogens is 1. The molecule has 0 fully saturated rings. The van der Waals surface area contributed by atoms with Crippen molar-refractivity contribution in [3.05, 3.63) is 91.2 Å². The standard InChI is InChI=1S/C26H24ClN3OS2/c1-16-10-11-17(14-20(16)27)28-26(31)30-15-19-18-6-2-3-8-22(18)33-25(19)29-12-4-7-21(29)24(30)23-9-5-13-32-23/h4-5,7,9-14,24H,2-3,6,8,15H2,1H3,(H,28,31)/t24-/m0/s1. The zero-order valence-corrected chi connectivity index (χ0v) is 20.7. The summed E-state index contributed by atoms with van der Waals surface area (Å²) in [6, 6.07) is 13.9. The maximum Gasteiger partial charge on any atom is 0.323 e. The van der Waals surface area contributed by atoms with E-state index in [-0.39, 0.29) is 12.1 Å². The lowest BCUT2D eigenvalue weighted by molar-refractivity contribution is 0.195. The molecule has 0 spiro atoms. The first kappa shape index (κ1) is 21.0. The second-order valence-corrected chi connectivity index (χ2v) is 11.2. The first-order chi connectivity index (χ1) is 16.1. The van der Waals surface area contributed by atoms with Gasteiger partial charge < -0.3 is 14.8 Å². The molecule has 1 aliphatic heterocycles. The molecule has 0 saturated carbocycles. The number of benzene rings is 1. The van der Waals surface area contributed by atoms with E-state index >= 15 is 0 Å². The van der Waals surface area contributed by atoms with Crippen LogP contribution in [0.4, 0.5) is 10.5 Å². The number of carbonyl (C=O) groups is 1. The average Bonchev–Trinajstić information content (AvgIpc) is 3.56. The van der Waals surface area contributed by atoms with Gasteiger partial charge in [-0.25, -0.2) is 4.79 Å². The molecule has 1 atom stereocenters. The van der Waals surface area contributed by atoms with Crippen molar-refractivity contribution in [2.75, 3.05) is 5.32 Å². The van der Waals surface area contributed by atoms with Gasteiger partial charge in [-0.1, -0.05) is 23.7 Å². The van der Waals surface area contributed by atoms with Crippen LogP contribution in [0.5, 0.6) is 0 Å². The van der Waals surface area contributed by atoms with Crippen LogP contribution < -0.4 is 5.32 Å². The van der Waals surface area contributed by atoms with E-state index in [0.29, 0.717) is 17.3 Å². The number of rotatable bonds is 2. The fourth-order valence-corrected chi connectivity index (χ4v) is 7.43. The molecule has 0 bridgehead atoms.